The van der Waals surface area contributed by atoms with E-state index in [4.69, 9.17) is 16.3 Å². The first-order chi connectivity index (χ1) is 12.9. The number of nitrogens with zero attached hydrogens (tertiary/aromatic N) is 3. The predicted octanol–water partition coefficient (Wildman–Crippen LogP) is 3.35. The molecule has 140 valence electrons. The van der Waals surface area contributed by atoms with E-state index in [0.29, 0.717) is 39.6 Å². The lowest BCUT2D eigenvalue weighted by Gasteiger charge is -2.35. The Bertz CT molecular complexity index is 1070. The van der Waals surface area contributed by atoms with Crippen LogP contribution in [0.25, 0.3) is 15.9 Å². The number of hydrogen-bond acceptors (Lipinski definition) is 5. The molecule has 2 unspecified atom stereocenters. The molecule has 0 aliphatic carbocycles. The van der Waals surface area contributed by atoms with Gasteiger partial charge in [-0.15, -0.1) is 0 Å². The summed E-state index contributed by atoms with van der Waals surface area (Å²) < 4.78 is 7.23. The van der Waals surface area contributed by atoms with Crippen molar-refractivity contribution in [3.8, 4) is 5.69 Å². The smallest absolute Gasteiger partial charge is 0.274 e. The van der Waals surface area contributed by atoms with Gasteiger partial charge in [-0.2, -0.15) is 0 Å². The van der Waals surface area contributed by atoms with Gasteiger partial charge in [0.25, 0.3) is 11.5 Å². The molecule has 8 heteroatoms. The van der Waals surface area contributed by atoms with Crippen LogP contribution in [0, 0.1) is 0 Å². The summed E-state index contributed by atoms with van der Waals surface area (Å²) in [5.41, 5.74) is 0.829. The Balaban J connectivity index is 1.74. The third-order valence-electron chi connectivity index (χ3n) is 4.49. The van der Waals surface area contributed by atoms with Gasteiger partial charge in [0.05, 0.1) is 33.9 Å². The van der Waals surface area contributed by atoms with Crippen molar-refractivity contribution in [1.82, 2.24) is 13.8 Å². The first-order valence-corrected chi connectivity index (χ1v) is 9.81. The van der Waals surface area contributed by atoms with Gasteiger partial charge in [0.15, 0.2) is 0 Å². The van der Waals surface area contributed by atoms with Crippen LogP contribution >= 0.6 is 23.1 Å². The number of hydrogen-bond donors (Lipinski definition) is 0. The topological polar surface area (TPSA) is 64.4 Å². The molecule has 4 rings (SSSR count). The monoisotopic (exact) mass is 403 g/mol. The zero-order chi connectivity index (χ0) is 19.1. The van der Waals surface area contributed by atoms with Gasteiger partial charge >= 0.3 is 0 Å². The van der Waals surface area contributed by atoms with Gasteiger partial charge in [0, 0.05) is 19.3 Å². The maximum Gasteiger partial charge on any atom is 0.274 e. The van der Waals surface area contributed by atoms with E-state index in [1.54, 1.807) is 41.4 Å². The van der Waals surface area contributed by atoms with Crippen LogP contribution in [0.1, 0.15) is 24.2 Å². The average Bonchev–Trinajstić information content (AvgIpc) is 2.98. The summed E-state index contributed by atoms with van der Waals surface area (Å²) in [6.45, 7) is 4.91. The molecule has 1 aliphatic rings. The van der Waals surface area contributed by atoms with Crippen LogP contribution in [0.5, 0.6) is 0 Å². The third-order valence-corrected chi connectivity index (χ3v) is 5.87. The fourth-order valence-electron chi connectivity index (χ4n) is 3.35. The zero-order valence-electron chi connectivity index (χ0n) is 14.9. The highest BCUT2D eigenvalue weighted by molar-refractivity contribution is 7.13. The molecule has 1 aliphatic heterocycles. The van der Waals surface area contributed by atoms with E-state index in [0.717, 1.165) is 0 Å². The third kappa shape index (κ3) is 3.38. The summed E-state index contributed by atoms with van der Waals surface area (Å²) >= 11 is 7.56. The van der Waals surface area contributed by atoms with Crippen molar-refractivity contribution in [1.29, 1.82) is 0 Å². The van der Waals surface area contributed by atoms with Crippen LogP contribution in [0.3, 0.4) is 0 Å². The number of pyridine rings is 1. The number of carbonyl (C=O) groups is 1. The van der Waals surface area contributed by atoms with Gasteiger partial charge in [0.1, 0.15) is 4.83 Å². The van der Waals surface area contributed by atoms with Crippen molar-refractivity contribution in [2.24, 2.45) is 0 Å². The molecule has 0 bridgehead atoms. The Morgan fingerprint density at radius 1 is 1.26 bits per heavy atom. The summed E-state index contributed by atoms with van der Waals surface area (Å²) in [6.07, 6.45) is 1.59. The molecule has 27 heavy (non-hydrogen) atoms. The van der Waals surface area contributed by atoms with Gasteiger partial charge in [-0.05, 0) is 55.7 Å². The minimum atomic E-state index is -0.156. The van der Waals surface area contributed by atoms with Crippen molar-refractivity contribution in [2.45, 2.75) is 26.1 Å². The zero-order valence-corrected chi connectivity index (χ0v) is 16.5. The van der Waals surface area contributed by atoms with Gasteiger partial charge in [-0.25, -0.2) is 8.94 Å². The van der Waals surface area contributed by atoms with Gasteiger partial charge < -0.3 is 9.64 Å². The molecule has 0 radical (unpaired) electrons. The molecular weight excluding hydrogens is 386 g/mol. The van der Waals surface area contributed by atoms with Crippen LogP contribution in [-0.2, 0) is 4.74 Å². The van der Waals surface area contributed by atoms with E-state index in [9.17, 15) is 9.59 Å². The first-order valence-electron chi connectivity index (χ1n) is 8.65. The Labute approximate surface area is 165 Å². The van der Waals surface area contributed by atoms with E-state index >= 15 is 0 Å². The second-order valence-corrected chi connectivity index (χ2v) is 8.02. The Hall–Kier alpha value is -2.22. The fraction of sp³-hybridized carbons (Fsp3) is 0.316. The average molecular weight is 404 g/mol. The normalized spacial score (nSPS) is 20.2. The van der Waals surface area contributed by atoms with Crippen LogP contribution < -0.4 is 5.56 Å². The summed E-state index contributed by atoms with van der Waals surface area (Å²) in [7, 11) is 0. The summed E-state index contributed by atoms with van der Waals surface area (Å²) in [6, 6.07) is 8.54. The standard InChI is InChI=1S/C19H18ClN3O3S/c1-11-9-22(10-12(2)26-11)18(24)15-8-13(5-6-16(15)20)23-19(25)14-4-3-7-21-17(14)27-23/h3-8,11-12H,9-10H2,1-2H3. The predicted molar refractivity (Wildman–Crippen MR) is 106 cm³/mol. The van der Waals surface area contributed by atoms with Crippen LogP contribution in [0.2, 0.25) is 5.02 Å². The number of rotatable bonds is 2. The number of benzene rings is 1. The van der Waals surface area contributed by atoms with E-state index in [-0.39, 0.29) is 23.7 Å². The van der Waals surface area contributed by atoms with Crippen LogP contribution in [0.4, 0.5) is 0 Å². The van der Waals surface area contributed by atoms with Crippen molar-refractivity contribution in [3.63, 3.8) is 0 Å². The van der Waals surface area contributed by atoms with Crippen LogP contribution in [-0.4, -0.2) is 45.0 Å². The highest BCUT2D eigenvalue weighted by Gasteiger charge is 2.28. The van der Waals surface area contributed by atoms with Crippen molar-refractivity contribution in [2.75, 3.05) is 13.1 Å². The molecule has 0 spiro atoms. The van der Waals surface area contributed by atoms with Gasteiger partial charge in [-0.1, -0.05) is 11.6 Å². The molecule has 2 atom stereocenters. The lowest BCUT2D eigenvalue weighted by molar-refractivity contribution is -0.0586. The minimum absolute atomic E-state index is 0.0315. The summed E-state index contributed by atoms with van der Waals surface area (Å²) in [5, 5.41) is 0.920. The fourth-order valence-corrected chi connectivity index (χ4v) is 4.48. The molecule has 1 saturated heterocycles. The molecule has 1 amide bonds. The number of aromatic nitrogens is 2. The molecule has 1 aromatic carbocycles. The van der Waals surface area contributed by atoms with Gasteiger partial charge in [-0.3, -0.25) is 9.59 Å². The molecule has 1 fully saturated rings. The van der Waals surface area contributed by atoms with E-state index < -0.39 is 0 Å². The quantitative estimate of drug-likeness (QED) is 0.658. The van der Waals surface area contributed by atoms with Crippen LogP contribution in [0.15, 0.2) is 41.3 Å². The second kappa shape index (κ2) is 7.07. The highest BCUT2D eigenvalue weighted by atomic mass is 35.5. The van der Waals surface area contributed by atoms with E-state index in [1.165, 1.54) is 15.5 Å². The number of ether oxygens (including phenoxy) is 1. The molecule has 6 nitrogen and oxygen atoms in total. The number of amides is 1. The second-order valence-electron chi connectivity index (χ2n) is 6.68. The minimum Gasteiger partial charge on any atom is -0.372 e. The molecule has 2 aromatic heterocycles. The number of fused-ring (bicyclic) bond motifs is 1. The molecule has 3 aromatic rings. The maximum atomic E-state index is 13.0. The molecule has 0 saturated carbocycles. The number of carbonyl (C=O) groups excluding carboxylic acids is 1. The van der Waals surface area contributed by atoms with Crippen molar-refractivity contribution < 1.29 is 9.53 Å². The van der Waals surface area contributed by atoms with E-state index in [2.05, 4.69) is 4.98 Å². The maximum absolute atomic E-state index is 13.0. The SMILES string of the molecule is CC1CN(C(=O)c2cc(-n3sc4ncccc4c3=O)ccc2Cl)CC(C)O1. The molecule has 3 heterocycles. The van der Waals surface area contributed by atoms with E-state index in [1.807, 2.05) is 13.8 Å². The highest BCUT2D eigenvalue weighted by Crippen LogP contribution is 2.25. The summed E-state index contributed by atoms with van der Waals surface area (Å²) in [4.78, 5) is 32.4. The Morgan fingerprint density at radius 2 is 2.00 bits per heavy atom. The lowest BCUT2D eigenvalue weighted by atomic mass is 10.1. The van der Waals surface area contributed by atoms with Crippen molar-refractivity contribution in [3.05, 3.63) is 57.5 Å². The largest absolute Gasteiger partial charge is 0.372 e. The summed E-state index contributed by atoms with van der Waals surface area (Å²) in [5.74, 6) is -0.156. The lowest BCUT2D eigenvalue weighted by Crippen LogP contribution is -2.48. The first kappa shape index (κ1) is 18.2. The Kier molecular flexibility index (Phi) is 4.75. The molecule has 0 N–H and O–H groups in total. The van der Waals surface area contributed by atoms with Gasteiger partial charge in [0.2, 0.25) is 0 Å². The molecular formula is C19H18ClN3O3S. The van der Waals surface area contributed by atoms with Crippen molar-refractivity contribution >= 4 is 39.3 Å². The Morgan fingerprint density at radius 3 is 2.70 bits per heavy atom. The number of halogens is 1. The number of morpholine rings is 1.